The molecule has 3 aliphatic rings. The van der Waals surface area contributed by atoms with Crippen molar-refractivity contribution in [2.75, 3.05) is 19.6 Å². The molecule has 1 aromatic rings. The molecule has 0 aromatic carbocycles. The first-order valence-electron chi connectivity index (χ1n) is 10.1. The zero-order valence-corrected chi connectivity index (χ0v) is 15.7. The van der Waals surface area contributed by atoms with Crippen LogP contribution in [0, 0.1) is 12.3 Å². The lowest BCUT2D eigenvalue weighted by Gasteiger charge is -2.36. The minimum absolute atomic E-state index is 0.0185. The molecule has 0 bridgehead atoms. The van der Waals surface area contributed by atoms with Gasteiger partial charge in [-0.15, -0.1) is 0 Å². The molecule has 3 heterocycles. The molecule has 26 heavy (non-hydrogen) atoms. The summed E-state index contributed by atoms with van der Waals surface area (Å²) in [6, 6.07) is 1.91. The Balaban J connectivity index is 1.44. The number of carbonyl (C=O) groups is 2. The number of hydrogen-bond donors (Lipinski definition) is 0. The van der Waals surface area contributed by atoms with E-state index in [1.807, 2.05) is 22.8 Å². The molecule has 6 heteroatoms. The van der Waals surface area contributed by atoms with Crippen LogP contribution >= 0.6 is 0 Å². The molecular formula is C20H29N3O3. The first kappa shape index (κ1) is 17.6. The third-order valence-electron chi connectivity index (χ3n) is 6.46. The van der Waals surface area contributed by atoms with E-state index in [0.29, 0.717) is 6.42 Å². The molecule has 1 aliphatic carbocycles. The third kappa shape index (κ3) is 3.38. The molecule has 1 saturated carbocycles. The minimum Gasteiger partial charge on any atom is -0.361 e. The fourth-order valence-corrected chi connectivity index (χ4v) is 5.10. The average Bonchev–Trinajstić information content (AvgIpc) is 3.19. The van der Waals surface area contributed by atoms with Crippen LogP contribution in [0.3, 0.4) is 0 Å². The maximum absolute atomic E-state index is 13.0. The van der Waals surface area contributed by atoms with Crippen molar-refractivity contribution in [3.63, 3.8) is 0 Å². The van der Waals surface area contributed by atoms with Crippen molar-refractivity contribution in [2.24, 2.45) is 5.41 Å². The number of aryl methyl sites for hydroxylation is 1. The summed E-state index contributed by atoms with van der Waals surface area (Å²) in [5, 5.41) is 4.14. The largest absolute Gasteiger partial charge is 0.361 e. The number of likely N-dealkylation sites (tertiary alicyclic amines) is 2. The van der Waals surface area contributed by atoms with E-state index < -0.39 is 0 Å². The van der Waals surface area contributed by atoms with Gasteiger partial charge in [-0.3, -0.25) is 9.59 Å². The van der Waals surface area contributed by atoms with Crippen LogP contribution in [0.1, 0.15) is 75.3 Å². The van der Waals surface area contributed by atoms with Crippen LogP contribution in [-0.2, 0) is 9.59 Å². The summed E-state index contributed by atoms with van der Waals surface area (Å²) >= 11 is 0. The normalized spacial score (nSPS) is 25.9. The Bertz CT molecular complexity index is 678. The minimum atomic E-state index is -0.0185. The van der Waals surface area contributed by atoms with Gasteiger partial charge in [0, 0.05) is 25.6 Å². The number of hydrogen-bond acceptors (Lipinski definition) is 4. The van der Waals surface area contributed by atoms with E-state index in [4.69, 9.17) is 4.52 Å². The van der Waals surface area contributed by atoms with E-state index >= 15 is 0 Å². The molecule has 1 atom stereocenters. The number of piperidine rings is 1. The number of aromatic nitrogens is 1. The summed E-state index contributed by atoms with van der Waals surface area (Å²) in [4.78, 5) is 29.3. The Morgan fingerprint density at radius 3 is 2.81 bits per heavy atom. The quantitative estimate of drug-likeness (QED) is 0.831. The van der Waals surface area contributed by atoms with E-state index in [9.17, 15) is 9.59 Å². The summed E-state index contributed by atoms with van der Waals surface area (Å²) in [7, 11) is 0. The van der Waals surface area contributed by atoms with E-state index in [2.05, 4.69) is 5.16 Å². The predicted molar refractivity (Wildman–Crippen MR) is 96.3 cm³/mol. The fraction of sp³-hybridized carbons (Fsp3) is 0.750. The van der Waals surface area contributed by atoms with Crippen LogP contribution in [0.15, 0.2) is 10.6 Å². The lowest BCUT2D eigenvalue weighted by atomic mass is 9.73. The van der Waals surface area contributed by atoms with Gasteiger partial charge < -0.3 is 14.3 Å². The Hall–Kier alpha value is -1.85. The molecule has 0 N–H and O–H groups in total. The maximum Gasteiger partial charge on any atom is 0.242 e. The molecule has 1 spiro atoms. The Labute approximate surface area is 154 Å². The SMILES string of the molecule is Cc1cc(C2CCCCN2C(=O)CN2CC3(CCCCC3)CC2=O)no1. The smallest absolute Gasteiger partial charge is 0.242 e. The lowest BCUT2D eigenvalue weighted by molar-refractivity contribution is -0.141. The molecule has 2 aliphatic heterocycles. The highest BCUT2D eigenvalue weighted by Gasteiger charge is 2.44. The van der Waals surface area contributed by atoms with Crippen LogP contribution in [0.25, 0.3) is 0 Å². The van der Waals surface area contributed by atoms with Gasteiger partial charge in [0.2, 0.25) is 11.8 Å². The van der Waals surface area contributed by atoms with E-state index in [1.165, 1.54) is 19.3 Å². The van der Waals surface area contributed by atoms with E-state index in [0.717, 1.165) is 56.6 Å². The second-order valence-corrected chi connectivity index (χ2v) is 8.45. The summed E-state index contributed by atoms with van der Waals surface area (Å²) in [5.74, 6) is 0.981. The zero-order valence-electron chi connectivity index (χ0n) is 15.7. The zero-order chi connectivity index (χ0) is 18.1. The van der Waals surface area contributed by atoms with E-state index in [1.54, 1.807) is 0 Å². The van der Waals surface area contributed by atoms with Crippen molar-refractivity contribution in [2.45, 2.75) is 70.8 Å². The average molecular weight is 359 g/mol. The van der Waals surface area contributed by atoms with Crippen molar-refractivity contribution in [3.05, 3.63) is 17.5 Å². The lowest BCUT2D eigenvalue weighted by Crippen LogP contribution is -2.45. The molecular weight excluding hydrogens is 330 g/mol. The van der Waals surface area contributed by atoms with Crippen LogP contribution < -0.4 is 0 Å². The highest BCUT2D eigenvalue weighted by atomic mass is 16.5. The number of amides is 2. The van der Waals surface area contributed by atoms with Crippen molar-refractivity contribution < 1.29 is 14.1 Å². The van der Waals surface area contributed by atoms with Crippen LogP contribution in [0.2, 0.25) is 0 Å². The first-order valence-corrected chi connectivity index (χ1v) is 10.1. The van der Waals surface area contributed by atoms with Gasteiger partial charge in [-0.05, 0) is 44.4 Å². The summed E-state index contributed by atoms with van der Waals surface area (Å²) in [6.07, 6.45) is 9.62. The molecule has 2 saturated heterocycles. The Morgan fingerprint density at radius 2 is 2.08 bits per heavy atom. The van der Waals surface area contributed by atoms with Gasteiger partial charge in [0.25, 0.3) is 0 Å². The van der Waals surface area contributed by atoms with E-state index in [-0.39, 0.29) is 29.8 Å². The summed E-state index contributed by atoms with van der Waals surface area (Å²) < 4.78 is 5.22. The molecule has 6 nitrogen and oxygen atoms in total. The molecule has 2 amide bonds. The monoisotopic (exact) mass is 359 g/mol. The standard InChI is InChI=1S/C20H29N3O3/c1-15-11-16(21-26-15)17-7-3-6-10-23(17)19(25)13-22-14-20(12-18(22)24)8-4-2-5-9-20/h11,17H,2-10,12-14H2,1H3. The van der Waals surface area contributed by atoms with Crippen LogP contribution in [0.5, 0.6) is 0 Å². The topological polar surface area (TPSA) is 66.7 Å². The predicted octanol–water partition coefficient (Wildman–Crippen LogP) is 3.22. The van der Waals surface area contributed by atoms with Crippen molar-refractivity contribution >= 4 is 11.8 Å². The molecule has 4 rings (SSSR count). The number of nitrogens with zero attached hydrogens (tertiary/aromatic N) is 3. The summed E-state index contributed by atoms with van der Waals surface area (Å²) in [5.41, 5.74) is 0.979. The Kier molecular flexibility index (Phi) is 4.76. The Morgan fingerprint density at radius 1 is 1.27 bits per heavy atom. The number of rotatable bonds is 3. The molecule has 1 unspecified atom stereocenters. The van der Waals surface area contributed by atoms with Gasteiger partial charge in [-0.25, -0.2) is 0 Å². The number of carbonyl (C=O) groups excluding carboxylic acids is 2. The second kappa shape index (κ2) is 7.05. The fourth-order valence-electron chi connectivity index (χ4n) is 5.10. The van der Waals surface area contributed by atoms with Gasteiger partial charge >= 0.3 is 0 Å². The molecule has 142 valence electrons. The van der Waals surface area contributed by atoms with Crippen LogP contribution in [0.4, 0.5) is 0 Å². The molecule has 0 radical (unpaired) electrons. The molecule has 3 fully saturated rings. The first-order chi connectivity index (χ1) is 12.6. The van der Waals surface area contributed by atoms with Gasteiger partial charge in [0.05, 0.1) is 12.6 Å². The molecule has 1 aromatic heterocycles. The van der Waals surface area contributed by atoms with Gasteiger partial charge in [0.15, 0.2) is 0 Å². The second-order valence-electron chi connectivity index (χ2n) is 8.45. The highest BCUT2D eigenvalue weighted by Crippen LogP contribution is 2.44. The van der Waals surface area contributed by atoms with Crippen molar-refractivity contribution in [3.8, 4) is 0 Å². The van der Waals surface area contributed by atoms with Gasteiger partial charge in [-0.2, -0.15) is 0 Å². The van der Waals surface area contributed by atoms with Crippen molar-refractivity contribution in [1.82, 2.24) is 15.0 Å². The summed E-state index contributed by atoms with van der Waals surface area (Å²) in [6.45, 7) is 3.59. The van der Waals surface area contributed by atoms with Crippen LogP contribution in [-0.4, -0.2) is 46.4 Å². The third-order valence-corrected chi connectivity index (χ3v) is 6.46. The maximum atomic E-state index is 13.0. The highest BCUT2D eigenvalue weighted by molar-refractivity contribution is 5.86. The van der Waals surface area contributed by atoms with Gasteiger partial charge in [0.1, 0.15) is 11.5 Å². The van der Waals surface area contributed by atoms with Gasteiger partial charge in [-0.1, -0.05) is 24.4 Å². The van der Waals surface area contributed by atoms with Crippen molar-refractivity contribution in [1.29, 1.82) is 0 Å².